The molecular formula is C15H26O2. The van der Waals surface area contributed by atoms with Gasteiger partial charge in [0.25, 0.3) is 0 Å². The first-order valence-corrected chi connectivity index (χ1v) is 6.50. The Morgan fingerprint density at radius 3 is 1.59 bits per heavy atom. The standard InChI is InChI=1S/C15H26O2/c1-7-14(4,5)12(16)10-11-13(17)15(6,8-2)9-3/h10-11H,7-9H2,1-6H3/b11-10+. The van der Waals surface area contributed by atoms with Crippen molar-refractivity contribution in [3.05, 3.63) is 12.2 Å². The van der Waals surface area contributed by atoms with E-state index in [1.807, 2.05) is 41.5 Å². The number of allylic oxidation sites excluding steroid dienone is 2. The number of hydrogen-bond donors (Lipinski definition) is 0. The molecule has 0 amide bonds. The van der Waals surface area contributed by atoms with Crippen LogP contribution >= 0.6 is 0 Å². The van der Waals surface area contributed by atoms with Gasteiger partial charge in [0.05, 0.1) is 0 Å². The third-order valence-corrected chi connectivity index (χ3v) is 4.09. The van der Waals surface area contributed by atoms with Crippen molar-refractivity contribution < 1.29 is 9.59 Å². The first-order chi connectivity index (χ1) is 7.73. The average Bonchev–Trinajstić information content (AvgIpc) is 2.33. The van der Waals surface area contributed by atoms with Crippen LogP contribution in [0.1, 0.15) is 60.8 Å². The molecule has 0 atom stereocenters. The lowest BCUT2D eigenvalue weighted by atomic mass is 9.79. The highest BCUT2D eigenvalue weighted by Crippen LogP contribution is 2.27. The average molecular weight is 238 g/mol. The van der Waals surface area contributed by atoms with E-state index in [1.54, 1.807) is 0 Å². The van der Waals surface area contributed by atoms with Gasteiger partial charge >= 0.3 is 0 Å². The zero-order valence-electron chi connectivity index (χ0n) is 12.1. The highest BCUT2D eigenvalue weighted by Gasteiger charge is 2.28. The smallest absolute Gasteiger partial charge is 0.161 e. The van der Waals surface area contributed by atoms with E-state index in [0.717, 1.165) is 19.3 Å². The predicted molar refractivity (Wildman–Crippen MR) is 71.9 cm³/mol. The lowest BCUT2D eigenvalue weighted by molar-refractivity contribution is -0.125. The van der Waals surface area contributed by atoms with Crippen LogP contribution in [0.5, 0.6) is 0 Å². The van der Waals surface area contributed by atoms with Crippen molar-refractivity contribution in [2.45, 2.75) is 60.8 Å². The summed E-state index contributed by atoms with van der Waals surface area (Å²) in [4.78, 5) is 23.9. The molecule has 0 aromatic rings. The zero-order chi connectivity index (χ0) is 13.7. The van der Waals surface area contributed by atoms with Gasteiger partial charge in [-0.1, -0.05) is 41.5 Å². The van der Waals surface area contributed by atoms with E-state index >= 15 is 0 Å². The third-order valence-electron chi connectivity index (χ3n) is 4.09. The van der Waals surface area contributed by atoms with Gasteiger partial charge in [-0.3, -0.25) is 9.59 Å². The Kier molecular flexibility index (Phi) is 5.80. The molecule has 0 aliphatic heterocycles. The summed E-state index contributed by atoms with van der Waals surface area (Å²) in [6.45, 7) is 11.8. The first kappa shape index (κ1) is 16.1. The molecule has 0 bridgehead atoms. The van der Waals surface area contributed by atoms with Crippen molar-refractivity contribution in [2.75, 3.05) is 0 Å². The van der Waals surface area contributed by atoms with Crippen LogP contribution in [0.25, 0.3) is 0 Å². The zero-order valence-corrected chi connectivity index (χ0v) is 12.1. The summed E-state index contributed by atoms with van der Waals surface area (Å²) in [5, 5.41) is 0. The number of hydrogen-bond acceptors (Lipinski definition) is 2. The molecule has 0 unspecified atom stereocenters. The molecule has 0 aliphatic carbocycles. The molecule has 0 saturated carbocycles. The largest absolute Gasteiger partial charge is 0.294 e. The SMILES string of the molecule is CCC(C)(C)C(=O)/C=C/C(=O)C(C)(CC)CC. The molecular weight excluding hydrogens is 212 g/mol. The van der Waals surface area contributed by atoms with Crippen molar-refractivity contribution >= 4 is 11.6 Å². The molecule has 0 aromatic heterocycles. The van der Waals surface area contributed by atoms with Crippen molar-refractivity contribution in [1.82, 2.24) is 0 Å². The second kappa shape index (κ2) is 6.13. The van der Waals surface area contributed by atoms with E-state index in [1.165, 1.54) is 12.2 Å². The molecule has 0 heterocycles. The van der Waals surface area contributed by atoms with E-state index in [2.05, 4.69) is 0 Å². The number of ketones is 2. The third kappa shape index (κ3) is 4.10. The summed E-state index contributed by atoms with van der Waals surface area (Å²) in [6.07, 6.45) is 5.31. The minimum absolute atomic E-state index is 0.0305. The summed E-state index contributed by atoms with van der Waals surface area (Å²) in [6, 6.07) is 0. The van der Waals surface area contributed by atoms with E-state index < -0.39 is 0 Å². The lowest BCUT2D eigenvalue weighted by Gasteiger charge is -2.23. The fourth-order valence-electron chi connectivity index (χ4n) is 1.35. The van der Waals surface area contributed by atoms with Crippen LogP contribution in [0.4, 0.5) is 0 Å². The van der Waals surface area contributed by atoms with Gasteiger partial charge in [-0.2, -0.15) is 0 Å². The topological polar surface area (TPSA) is 34.1 Å². The Labute approximate surface area is 105 Å². The predicted octanol–water partition coefficient (Wildman–Crippen LogP) is 3.94. The normalized spacial score (nSPS) is 13.1. The van der Waals surface area contributed by atoms with Crippen LogP contribution in [-0.2, 0) is 9.59 Å². The van der Waals surface area contributed by atoms with Gasteiger partial charge in [-0.25, -0.2) is 0 Å². The molecule has 98 valence electrons. The molecule has 0 fully saturated rings. The quantitative estimate of drug-likeness (QED) is 0.629. The molecule has 0 radical (unpaired) electrons. The van der Waals surface area contributed by atoms with Gasteiger partial charge in [-0.05, 0) is 31.4 Å². The molecule has 0 rings (SSSR count). The summed E-state index contributed by atoms with van der Waals surface area (Å²) >= 11 is 0. The van der Waals surface area contributed by atoms with Gasteiger partial charge < -0.3 is 0 Å². The van der Waals surface area contributed by atoms with Crippen LogP contribution < -0.4 is 0 Å². The highest BCUT2D eigenvalue weighted by atomic mass is 16.1. The van der Waals surface area contributed by atoms with Gasteiger partial charge in [0, 0.05) is 10.8 Å². The fraction of sp³-hybridized carbons (Fsp3) is 0.733. The Bertz CT molecular complexity index is 307. The molecule has 2 heteroatoms. The first-order valence-electron chi connectivity index (χ1n) is 6.50. The summed E-state index contributed by atoms with van der Waals surface area (Å²) < 4.78 is 0. The Balaban J connectivity index is 4.76. The maximum absolute atomic E-state index is 12.0. The van der Waals surface area contributed by atoms with E-state index in [9.17, 15) is 9.59 Å². The maximum Gasteiger partial charge on any atom is 0.161 e. The summed E-state index contributed by atoms with van der Waals surface area (Å²) in [7, 11) is 0. The highest BCUT2D eigenvalue weighted by molar-refractivity contribution is 6.02. The van der Waals surface area contributed by atoms with Crippen LogP contribution in [0.2, 0.25) is 0 Å². The van der Waals surface area contributed by atoms with Crippen LogP contribution in [0.15, 0.2) is 12.2 Å². The van der Waals surface area contributed by atoms with E-state index in [0.29, 0.717) is 0 Å². The second-order valence-electron chi connectivity index (χ2n) is 5.57. The van der Waals surface area contributed by atoms with Crippen molar-refractivity contribution in [3.8, 4) is 0 Å². The minimum atomic E-state index is -0.369. The second-order valence-corrected chi connectivity index (χ2v) is 5.57. The lowest BCUT2D eigenvalue weighted by Crippen LogP contribution is -2.26. The van der Waals surface area contributed by atoms with Gasteiger partial charge in [-0.15, -0.1) is 0 Å². The summed E-state index contributed by atoms with van der Waals surface area (Å²) in [5.41, 5.74) is -0.696. The summed E-state index contributed by atoms with van der Waals surface area (Å²) in [5.74, 6) is 0.0886. The number of rotatable bonds is 7. The molecule has 0 spiro atoms. The molecule has 0 N–H and O–H groups in total. The van der Waals surface area contributed by atoms with Gasteiger partial charge in [0.2, 0.25) is 0 Å². The van der Waals surface area contributed by atoms with E-state index in [4.69, 9.17) is 0 Å². The van der Waals surface area contributed by atoms with Crippen LogP contribution in [0, 0.1) is 10.8 Å². The Hall–Kier alpha value is -0.920. The molecule has 17 heavy (non-hydrogen) atoms. The number of carbonyl (C=O) groups excluding carboxylic acids is 2. The molecule has 0 aliphatic rings. The van der Waals surface area contributed by atoms with Gasteiger partial charge in [0.1, 0.15) is 0 Å². The van der Waals surface area contributed by atoms with Gasteiger partial charge in [0.15, 0.2) is 11.6 Å². The van der Waals surface area contributed by atoms with Crippen molar-refractivity contribution in [2.24, 2.45) is 10.8 Å². The Morgan fingerprint density at radius 2 is 1.24 bits per heavy atom. The molecule has 2 nitrogen and oxygen atoms in total. The number of carbonyl (C=O) groups is 2. The molecule has 0 aromatic carbocycles. The Morgan fingerprint density at radius 1 is 0.824 bits per heavy atom. The van der Waals surface area contributed by atoms with E-state index in [-0.39, 0.29) is 22.4 Å². The van der Waals surface area contributed by atoms with Crippen molar-refractivity contribution in [3.63, 3.8) is 0 Å². The monoisotopic (exact) mass is 238 g/mol. The van der Waals surface area contributed by atoms with Crippen molar-refractivity contribution in [1.29, 1.82) is 0 Å². The fourth-order valence-corrected chi connectivity index (χ4v) is 1.35. The van der Waals surface area contributed by atoms with Crippen LogP contribution in [0.3, 0.4) is 0 Å². The maximum atomic E-state index is 12.0. The molecule has 0 saturated heterocycles. The van der Waals surface area contributed by atoms with Crippen LogP contribution in [-0.4, -0.2) is 11.6 Å². The minimum Gasteiger partial charge on any atom is -0.294 e.